The first-order valence-corrected chi connectivity index (χ1v) is 9.70. The highest BCUT2D eigenvalue weighted by Crippen LogP contribution is 2.25. The summed E-state index contributed by atoms with van der Waals surface area (Å²) < 4.78 is 0. The molecule has 1 N–H and O–H groups in total. The molecule has 0 unspecified atom stereocenters. The molecule has 0 atom stereocenters. The Morgan fingerprint density at radius 1 is 0.962 bits per heavy atom. The Hall–Kier alpha value is -2.37. The number of aryl methyl sites for hydroxylation is 1. The molecule has 0 amide bonds. The number of hydrogen-bond donors (Lipinski definition) is 1. The third-order valence-corrected chi connectivity index (χ3v) is 4.42. The Labute approximate surface area is 157 Å². The molecule has 0 aliphatic rings. The van der Waals surface area contributed by atoms with E-state index in [9.17, 15) is 0 Å². The molecule has 1 aromatic carbocycles. The topological polar surface area (TPSA) is 57.2 Å². The van der Waals surface area contributed by atoms with Crippen molar-refractivity contribution in [3.63, 3.8) is 0 Å². The van der Waals surface area contributed by atoms with Gasteiger partial charge in [0, 0.05) is 37.6 Å². The predicted octanol–water partition coefficient (Wildman–Crippen LogP) is 4.40. The van der Waals surface area contributed by atoms with Crippen LogP contribution in [0.25, 0.3) is 0 Å². The number of hydrogen-bond acceptors (Lipinski definition) is 6. The number of nitrogens with zero attached hydrogens (tertiary/aromatic N) is 5. The largest absolute Gasteiger partial charge is 0.372 e. The predicted molar refractivity (Wildman–Crippen MR) is 111 cm³/mol. The quantitative estimate of drug-likeness (QED) is 0.681. The Morgan fingerprint density at radius 2 is 1.65 bits per heavy atom. The van der Waals surface area contributed by atoms with Crippen molar-refractivity contribution in [2.24, 2.45) is 0 Å². The van der Waals surface area contributed by atoms with Gasteiger partial charge in [0.05, 0.1) is 6.20 Å². The van der Waals surface area contributed by atoms with Crippen LogP contribution in [0.15, 0.2) is 24.4 Å². The minimum absolute atomic E-state index is 0.691. The van der Waals surface area contributed by atoms with Gasteiger partial charge in [-0.2, -0.15) is 10.1 Å². The first-order chi connectivity index (χ1) is 12.6. The van der Waals surface area contributed by atoms with E-state index in [1.807, 2.05) is 0 Å². The van der Waals surface area contributed by atoms with Crippen LogP contribution in [0, 0.1) is 6.92 Å². The van der Waals surface area contributed by atoms with E-state index in [1.165, 1.54) is 11.3 Å². The van der Waals surface area contributed by atoms with E-state index in [-0.39, 0.29) is 0 Å². The summed E-state index contributed by atoms with van der Waals surface area (Å²) in [4.78, 5) is 9.20. The van der Waals surface area contributed by atoms with Gasteiger partial charge in [-0.1, -0.05) is 13.8 Å². The number of aromatic nitrogens is 3. The summed E-state index contributed by atoms with van der Waals surface area (Å²) in [5.74, 6) is 1.42. The second-order valence-corrected chi connectivity index (χ2v) is 6.43. The standard InChI is InChI=1S/C20H32N6/c1-6-12-26(13-7-2)20-23-19(15-21-24-20)22-18-11-10-17(14-16(18)5)25(8-3)9-4/h10-11,14-15H,6-9,12-13H2,1-5H3,(H,22,23,24). The van der Waals surface area contributed by atoms with Crippen molar-refractivity contribution < 1.29 is 0 Å². The molecule has 6 nitrogen and oxygen atoms in total. The smallest absolute Gasteiger partial charge is 0.247 e. The molecule has 0 aliphatic heterocycles. The molecule has 0 radical (unpaired) electrons. The Bertz CT molecular complexity index is 678. The summed E-state index contributed by atoms with van der Waals surface area (Å²) in [6, 6.07) is 6.48. The van der Waals surface area contributed by atoms with Crippen LogP contribution in [0.2, 0.25) is 0 Å². The van der Waals surface area contributed by atoms with Crippen molar-refractivity contribution in [3.8, 4) is 0 Å². The van der Waals surface area contributed by atoms with Crippen molar-refractivity contribution in [2.75, 3.05) is 41.3 Å². The van der Waals surface area contributed by atoms with Crippen molar-refractivity contribution in [3.05, 3.63) is 30.0 Å². The third kappa shape index (κ3) is 5.07. The molecule has 1 heterocycles. The molecule has 0 spiro atoms. The van der Waals surface area contributed by atoms with Gasteiger partial charge in [0.15, 0.2) is 5.82 Å². The van der Waals surface area contributed by atoms with Crippen LogP contribution in [0.4, 0.5) is 23.1 Å². The maximum Gasteiger partial charge on any atom is 0.247 e. The second-order valence-electron chi connectivity index (χ2n) is 6.43. The monoisotopic (exact) mass is 356 g/mol. The van der Waals surface area contributed by atoms with Gasteiger partial charge < -0.3 is 15.1 Å². The summed E-state index contributed by atoms with van der Waals surface area (Å²) in [6.07, 6.45) is 3.80. The Balaban J connectivity index is 2.19. The Morgan fingerprint density at radius 3 is 2.23 bits per heavy atom. The van der Waals surface area contributed by atoms with Crippen LogP contribution in [0.5, 0.6) is 0 Å². The summed E-state index contributed by atoms with van der Waals surface area (Å²) in [5, 5.41) is 11.8. The van der Waals surface area contributed by atoms with Gasteiger partial charge in [0.1, 0.15) is 0 Å². The van der Waals surface area contributed by atoms with Crippen LogP contribution >= 0.6 is 0 Å². The van der Waals surface area contributed by atoms with Gasteiger partial charge in [-0.3, -0.25) is 0 Å². The summed E-state index contributed by atoms with van der Waals surface area (Å²) in [7, 11) is 0. The van der Waals surface area contributed by atoms with E-state index < -0.39 is 0 Å². The fourth-order valence-corrected chi connectivity index (χ4v) is 3.05. The zero-order valence-electron chi connectivity index (χ0n) is 16.8. The average molecular weight is 357 g/mol. The molecule has 142 valence electrons. The number of benzene rings is 1. The van der Waals surface area contributed by atoms with Gasteiger partial charge in [0.2, 0.25) is 5.95 Å². The summed E-state index contributed by atoms with van der Waals surface area (Å²) in [6.45, 7) is 14.7. The zero-order chi connectivity index (χ0) is 18.9. The van der Waals surface area contributed by atoms with Gasteiger partial charge in [-0.15, -0.1) is 5.10 Å². The molecule has 0 fully saturated rings. The highest BCUT2D eigenvalue weighted by Gasteiger charge is 2.11. The van der Waals surface area contributed by atoms with Crippen LogP contribution in [-0.4, -0.2) is 41.4 Å². The van der Waals surface area contributed by atoms with E-state index >= 15 is 0 Å². The normalized spacial score (nSPS) is 10.7. The average Bonchev–Trinajstić information content (AvgIpc) is 2.65. The molecule has 0 saturated carbocycles. The minimum Gasteiger partial charge on any atom is -0.372 e. The lowest BCUT2D eigenvalue weighted by molar-refractivity contribution is 0.711. The molecule has 26 heavy (non-hydrogen) atoms. The van der Waals surface area contributed by atoms with Gasteiger partial charge in [-0.05, 0) is 57.4 Å². The number of anilines is 4. The molecule has 6 heteroatoms. The van der Waals surface area contributed by atoms with E-state index in [4.69, 9.17) is 0 Å². The fourth-order valence-electron chi connectivity index (χ4n) is 3.05. The van der Waals surface area contributed by atoms with E-state index in [2.05, 4.69) is 83.1 Å². The molecule has 0 saturated heterocycles. The summed E-state index contributed by atoms with van der Waals surface area (Å²) >= 11 is 0. The lowest BCUT2D eigenvalue weighted by atomic mass is 10.1. The second kappa shape index (κ2) is 9.94. The van der Waals surface area contributed by atoms with Crippen molar-refractivity contribution in [2.45, 2.75) is 47.5 Å². The lowest BCUT2D eigenvalue weighted by Crippen LogP contribution is -2.27. The number of nitrogens with one attached hydrogen (secondary N) is 1. The van der Waals surface area contributed by atoms with Crippen LogP contribution < -0.4 is 15.1 Å². The SMILES string of the molecule is CCCN(CCC)c1nncc(Nc2ccc(N(CC)CC)cc2C)n1. The van der Waals surface area contributed by atoms with Gasteiger partial charge in [0.25, 0.3) is 0 Å². The fraction of sp³-hybridized carbons (Fsp3) is 0.550. The van der Waals surface area contributed by atoms with E-state index in [0.717, 1.165) is 50.5 Å². The van der Waals surface area contributed by atoms with Crippen molar-refractivity contribution >= 4 is 23.1 Å². The maximum absolute atomic E-state index is 4.67. The Kier molecular flexibility index (Phi) is 7.63. The van der Waals surface area contributed by atoms with E-state index in [0.29, 0.717) is 5.95 Å². The maximum atomic E-state index is 4.67. The summed E-state index contributed by atoms with van der Waals surface area (Å²) in [5.41, 5.74) is 3.48. The minimum atomic E-state index is 0.691. The first-order valence-electron chi connectivity index (χ1n) is 9.70. The third-order valence-electron chi connectivity index (χ3n) is 4.42. The molecule has 0 bridgehead atoms. The molecule has 1 aromatic heterocycles. The molecule has 2 rings (SSSR count). The van der Waals surface area contributed by atoms with E-state index in [1.54, 1.807) is 6.20 Å². The van der Waals surface area contributed by atoms with Crippen LogP contribution in [0.3, 0.4) is 0 Å². The molecular formula is C20H32N6. The first kappa shape index (κ1) is 19.9. The van der Waals surface area contributed by atoms with Gasteiger partial charge in [-0.25, -0.2) is 0 Å². The molecular weight excluding hydrogens is 324 g/mol. The van der Waals surface area contributed by atoms with Crippen LogP contribution in [-0.2, 0) is 0 Å². The van der Waals surface area contributed by atoms with Crippen molar-refractivity contribution in [1.82, 2.24) is 15.2 Å². The van der Waals surface area contributed by atoms with Gasteiger partial charge >= 0.3 is 0 Å². The molecule has 2 aromatic rings. The zero-order valence-corrected chi connectivity index (χ0v) is 16.8. The van der Waals surface area contributed by atoms with Crippen LogP contribution in [0.1, 0.15) is 46.1 Å². The highest BCUT2D eigenvalue weighted by molar-refractivity contribution is 5.65. The van der Waals surface area contributed by atoms with Crippen molar-refractivity contribution in [1.29, 1.82) is 0 Å². The lowest BCUT2D eigenvalue weighted by Gasteiger charge is -2.23. The molecule has 0 aliphatic carbocycles. The number of rotatable bonds is 10. The highest BCUT2D eigenvalue weighted by atomic mass is 15.3.